The molecule has 17 heavy (non-hydrogen) atoms. The number of aliphatic hydroxyl groups is 1. The minimum atomic E-state index is 0.0826. The highest BCUT2D eigenvalue weighted by molar-refractivity contribution is 5.65. The number of aliphatic hydroxyl groups excluding tert-OH is 1. The largest absolute Gasteiger partial charge is 0.494 e. The van der Waals surface area contributed by atoms with Gasteiger partial charge in [-0.25, -0.2) is 0 Å². The maximum Gasteiger partial charge on any atom is 0.119 e. The van der Waals surface area contributed by atoms with Gasteiger partial charge in [-0.05, 0) is 35.7 Å². The topological polar surface area (TPSA) is 29.5 Å². The number of rotatable bonds is 4. The van der Waals surface area contributed by atoms with E-state index in [1.807, 2.05) is 49.4 Å². The zero-order chi connectivity index (χ0) is 12.1. The molecule has 1 N–H and O–H groups in total. The smallest absolute Gasteiger partial charge is 0.119 e. The Morgan fingerprint density at radius 3 is 2.41 bits per heavy atom. The Morgan fingerprint density at radius 1 is 1.00 bits per heavy atom. The van der Waals surface area contributed by atoms with Crippen LogP contribution in [0.3, 0.4) is 0 Å². The SMILES string of the molecule is CCOc1cccc(-c2ccc(CO)cc2)c1. The average Bonchev–Trinajstić information content (AvgIpc) is 2.40. The van der Waals surface area contributed by atoms with Crippen molar-refractivity contribution in [2.24, 2.45) is 0 Å². The summed E-state index contributed by atoms with van der Waals surface area (Å²) in [5.74, 6) is 0.885. The third-order valence-electron chi connectivity index (χ3n) is 2.61. The first kappa shape index (κ1) is 11.7. The molecule has 0 unspecified atom stereocenters. The van der Waals surface area contributed by atoms with E-state index in [1.54, 1.807) is 0 Å². The highest BCUT2D eigenvalue weighted by Crippen LogP contribution is 2.24. The van der Waals surface area contributed by atoms with E-state index in [4.69, 9.17) is 9.84 Å². The number of benzene rings is 2. The van der Waals surface area contributed by atoms with E-state index < -0.39 is 0 Å². The Hall–Kier alpha value is -1.80. The Labute approximate surface area is 101 Å². The lowest BCUT2D eigenvalue weighted by Gasteiger charge is -2.06. The van der Waals surface area contributed by atoms with Gasteiger partial charge in [-0.3, -0.25) is 0 Å². The van der Waals surface area contributed by atoms with Gasteiger partial charge in [0.25, 0.3) is 0 Å². The van der Waals surface area contributed by atoms with Crippen LogP contribution < -0.4 is 4.74 Å². The van der Waals surface area contributed by atoms with E-state index in [0.717, 1.165) is 22.4 Å². The Bertz CT molecular complexity index is 475. The van der Waals surface area contributed by atoms with Crippen molar-refractivity contribution < 1.29 is 9.84 Å². The molecule has 2 aromatic carbocycles. The lowest BCUT2D eigenvalue weighted by molar-refractivity contribution is 0.282. The van der Waals surface area contributed by atoms with E-state index in [-0.39, 0.29) is 6.61 Å². The van der Waals surface area contributed by atoms with Gasteiger partial charge in [-0.15, -0.1) is 0 Å². The first-order valence-corrected chi connectivity index (χ1v) is 5.76. The van der Waals surface area contributed by atoms with Gasteiger partial charge in [-0.1, -0.05) is 36.4 Å². The van der Waals surface area contributed by atoms with Gasteiger partial charge in [0.15, 0.2) is 0 Å². The van der Waals surface area contributed by atoms with Crippen LogP contribution in [0.15, 0.2) is 48.5 Å². The summed E-state index contributed by atoms with van der Waals surface area (Å²) in [4.78, 5) is 0. The minimum absolute atomic E-state index is 0.0826. The third-order valence-corrected chi connectivity index (χ3v) is 2.61. The molecule has 0 aliphatic rings. The fourth-order valence-electron chi connectivity index (χ4n) is 1.73. The predicted octanol–water partition coefficient (Wildman–Crippen LogP) is 3.24. The third kappa shape index (κ3) is 2.86. The average molecular weight is 228 g/mol. The van der Waals surface area contributed by atoms with E-state index in [1.165, 1.54) is 0 Å². The maximum absolute atomic E-state index is 8.99. The highest BCUT2D eigenvalue weighted by atomic mass is 16.5. The van der Waals surface area contributed by atoms with Crippen molar-refractivity contribution in [1.82, 2.24) is 0 Å². The highest BCUT2D eigenvalue weighted by Gasteiger charge is 2.00. The predicted molar refractivity (Wildman–Crippen MR) is 69.0 cm³/mol. The monoisotopic (exact) mass is 228 g/mol. The normalized spacial score (nSPS) is 10.2. The molecule has 0 saturated heterocycles. The molecule has 0 spiro atoms. The molecule has 2 nitrogen and oxygen atoms in total. The number of ether oxygens (including phenoxy) is 1. The molecule has 0 amide bonds. The molecule has 88 valence electrons. The second-order valence-corrected chi connectivity index (χ2v) is 3.82. The zero-order valence-corrected chi connectivity index (χ0v) is 9.89. The molecule has 0 heterocycles. The molecule has 0 fully saturated rings. The first-order valence-electron chi connectivity index (χ1n) is 5.76. The van der Waals surface area contributed by atoms with E-state index in [0.29, 0.717) is 6.61 Å². The number of hydrogen-bond donors (Lipinski definition) is 1. The van der Waals surface area contributed by atoms with Gasteiger partial charge >= 0.3 is 0 Å². The molecule has 0 atom stereocenters. The van der Waals surface area contributed by atoms with Crippen LogP contribution in [0.1, 0.15) is 12.5 Å². The molecule has 2 aromatic rings. The second-order valence-electron chi connectivity index (χ2n) is 3.82. The van der Waals surface area contributed by atoms with Crippen LogP contribution in [0.4, 0.5) is 0 Å². The Morgan fingerprint density at radius 2 is 1.76 bits per heavy atom. The fraction of sp³-hybridized carbons (Fsp3) is 0.200. The van der Waals surface area contributed by atoms with Crippen molar-refractivity contribution in [3.05, 3.63) is 54.1 Å². The molecule has 0 saturated carbocycles. The molecular weight excluding hydrogens is 212 g/mol. The summed E-state index contributed by atoms with van der Waals surface area (Å²) < 4.78 is 5.47. The van der Waals surface area contributed by atoms with Gasteiger partial charge in [-0.2, -0.15) is 0 Å². The summed E-state index contributed by atoms with van der Waals surface area (Å²) in [6.45, 7) is 2.73. The van der Waals surface area contributed by atoms with Gasteiger partial charge in [0, 0.05) is 0 Å². The van der Waals surface area contributed by atoms with Crippen molar-refractivity contribution >= 4 is 0 Å². The van der Waals surface area contributed by atoms with Crippen molar-refractivity contribution in [3.63, 3.8) is 0 Å². The number of hydrogen-bond acceptors (Lipinski definition) is 2. The summed E-state index contributed by atoms with van der Waals surface area (Å²) in [6.07, 6.45) is 0. The summed E-state index contributed by atoms with van der Waals surface area (Å²) in [6, 6.07) is 15.9. The molecule has 2 heteroatoms. The van der Waals surface area contributed by atoms with Crippen LogP contribution in [-0.2, 0) is 6.61 Å². The summed E-state index contributed by atoms with van der Waals surface area (Å²) in [5, 5.41) is 8.99. The molecule has 0 radical (unpaired) electrons. The van der Waals surface area contributed by atoms with Gasteiger partial charge in [0.05, 0.1) is 13.2 Å². The van der Waals surface area contributed by atoms with E-state index in [9.17, 15) is 0 Å². The molecule has 0 aliphatic heterocycles. The quantitative estimate of drug-likeness (QED) is 0.870. The van der Waals surface area contributed by atoms with Gasteiger partial charge in [0.2, 0.25) is 0 Å². The molecule has 0 aliphatic carbocycles. The summed E-state index contributed by atoms with van der Waals surface area (Å²) >= 11 is 0. The fourth-order valence-corrected chi connectivity index (χ4v) is 1.73. The van der Waals surface area contributed by atoms with Crippen LogP contribution in [0.25, 0.3) is 11.1 Å². The van der Waals surface area contributed by atoms with Crippen molar-refractivity contribution in [2.75, 3.05) is 6.61 Å². The van der Waals surface area contributed by atoms with Crippen molar-refractivity contribution in [1.29, 1.82) is 0 Å². The minimum Gasteiger partial charge on any atom is -0.494 e. The molecule has 2 rings (SSSR count). The van der Waals surface area contributed by atoms with Gasteiger partial charge < -0.3 is 9.84 Å². The standard InChI is InChI=1S/C15H16O2/c1-2-17-15-5-3-4-14(10-15)13-8-6-12(11-16)7-9-13/h3-10,16H,2,11H2,1H3. The zero-order valence-electron chi connectivity index (χ0n) is 9.89. The van der Waals surface area contributed by atoms with Gasteiger partial charge in [0.1, 0.15) is 5.75 Å². The lowest BCUT2D eigenvalue weighted by atomic mass is 10.0. The Kier molecular flexibility index (Phi) is 3.78. The van der Waals surface area contributed by atoms with Crippen LogP contribution in [0, 0.1) is 0 Å². The molecule has 0 aromatic heterocycles. The van der Waals surface area contributed by atoms with Crippen LogP contribution in [0.5, 0.6) is 5.75 Å². The summed E-state index contributed by atoms with van der Waals surface area (Å²) in [7, 11) is 0. The van der Waals surface area contributed by atoms with Crippen LogP contribution in [-0.4, -0.2) is 11.7 Å². The van der Waals surface area contributed by atoms with Crippen LogP contribution in [0.2, 0.25) is 0 Å². The summed E-state index contributed by atoms with van der Waals surface area (Å²) in [5.41, 5.74) is 3.18. The van der Waals surface area contributed by atoms with Crippen LogP contribution >= 0.6 is 0 Å². The van der Waals surface area contributed by atoms with E-state index in [2.05, 4.69) is 6.07 Å². The lowest BCUT2D eigenvalue weighted by Crippen LogP contribution is -1.91. The van der Waals surface area contributed by atoms with Crippen molar-refractivity contribution in [2.45, 2.75) is 13.5 Å². The molecule has 0 bridgehead atoms. The Balaban J connectivity index is 2.28. The first-order chi connectivity index (χ1) is 8.33. The van der Waals surface area contributed by atoms with Crippen molar-refractivity contribution in [3.8, 4) is 16.9 Å². The maximum atomic E-state index is 8.99. The molecular formula is C15H16O2. The second kappa shape index (κ2) is 5.51. The van der Waals surface area contributed by atoms with E-state index >= 15 is 0 Å².